The van der Waals surface area contributed by atoms with Gasteiger partial charge in [0, 0.05) is 26.1 Å². The summed E-state index contributed by atoms with van der Waals surface area (Å²) in [6.45, 7) is 2.34. The zero-order valence-electron chi connectivity index (χ0n) is 9.30. The van der Waals surface area contributed by atoms with Gasteiger partial charge in [0.15, 0.2) is 0 Å². The first-order valence-corrected chi connectivity index (χ1v) is 5.69. The minimum absolute atomic E-state index is 0.0237. The van der Waals surface area contributed by atoms with Crippen LogP contribution in [0.15, 0.2) is 30.3 Å². The van der Waals surface area contributed by atoms with Crippen LogP contribution in [0.1, 0.15) is 12.0 Å². The normalized spacial score (nSPS) is 22.3. The summed E-state index contributed by atoms with van der Waals surface area (Å²) in [5.74, 6) is 0.0178. The molecule has 86 valence electrons. The molecule has 1 aromatic carbocycles. The second-order valence-electron chi connectivity index (χ2n) is 4.32. The van der Waals surface area contributed by atoms with Gasteiger partial charge in [-0.3, -0.25) is 9.69 Å². The van der Waals surface area contributed by atoms with E-state index in [-0.39, 0.29) is 18.3 Å². The molecule has 1 aliphatic rings. The lowest BCUT2D eigenvalue weighted by Crippen LogP contribution is -2.41. The van der Waals surface area contributed by atoms with Crippen molar-refractivity contribution in [2.24, 2.45) is 5.92 Å². The first-order chi connectivity index (χ1) is 7.79. The largest absolute Gasteiger partial charge is 0.396 e. The summed E-state index contributed by atoms with van der Waals surface area (Å²) in [6, 6.07) is 10.2. The molecule has 1 aromatic rings. The van der Waals surface area contributed by atoms with E-state index < -0.39 is 0 Å². The fraction of sp³-hybridized carbons (Fsp3) is 0.462. The SMILES string of the molecule is O=C1CCN(Cc2ccccc2)C[C@@H]1CO. The number of ketones is 1. The first-order valence-electron chi connectivity index (χ1n) is 5.69. The molecule has 1 atom stereocenters. The lowest BCUT2D eigenvalue weighted by atomic mass is 9.97. The highest BCUT2D eigenvalue weighted by molar-refractivity contribution is 5.82. The smallest absolute Gasteiger partial charge is 0.140 e. The van der Waals surface area contributed by atoms with E-state index in [4.69, 9.17) is 5.11 Å². The maximum Gasteiger partial charge on any atom is 0.140 e. The predicted molar refractivity (Wildman–Crippen MR) is 61.9 cm³/mol. The van der Waals surface area contributed by atoms with Crippen LogP contribution in [0.5, 0.6) is 0 Å². The van der Waals surface area contributed by atoms with Crippen LogP contribution in [-0.2, 0) is 11.3 Å². The average Bonchev–Trinajstić information content (AvgIpc) is 2.33. The summed E-state index contributed by atoms with van der Waals surface area (Å²) in [6.07, 6.45) is 0.568. The van der Waals surface area contributed by atoms with Crippen LogP contribution in [-0.4, -0.2) is 35.5 Å². The number of aliphatic hydroxyl groups excluding tert-OH is 1. The summed E-state index contributed by atoms with van der Waals surface area (Å²) in [5.41, 5.74) is 1.26. The van der Waals surface area contributed by atoms with Gasteiger partial charge in [-0.2, -0.15) is 0 Å². The number of Topliss-reactive ketones (excluding diaryl/α,β-unsaturated/α-hetero) is 1. The molecular weight excluding hydrogens is 202 g/mol. The van der Waals surface area contributed by atoms with E-state index in [0.717, 1.165) is 13.1 Å². The van der Waals surface area contributed by atoms with Crippen LogP contribution in [0.25, 0.3) is 0 Å². The lowest BCUT2D eigenvalue weighted by Gasteiger charge is -2.30. The van der Waals surface area contributed by atoms with Crippen molar-refractivity contribution in [3.05, 3.63) is 35.9 Å². The number of hydrogen-bond acceptors (Lipinski definition) is 3. The van der Waals surface area contributed by atoms with Crippen LogP contribution in [0.2, 0.25) is 0 Å². The molecule has 0 aromatic heterocycles. The van der Waals surface area contributed by atoms with Crippen LogP contribution >= 0.6 is 0 Å². The summed E-state index contributed by atoms with van der Waals surface area (Å²) in [7, 11) is 0. The molecule has 0 amide bonds. The Morgan fingerprint density at radius 1 is 1.31 bits per heavy atom. The van der Waals surface area contributed by atoms with Gasteiger partial charge < -0.3 is 5.11 Å². The van der Waals surface area contributed by atoms with Gasteiger partial charge in [-0.25, -0.2) is 0 Å². The molecule has 3 nitrogen and oxygen atoms in total. The van der Waals surface area contributed by atoms with E-state index in [9.17, 15) is 4.79 Å². The molecule has 1 N–H and O–H groups in total. The molecule has 2 rings (SSSR count). The number of carbonyl (C=O) groups is 1. The van der Waals surface area contributed by atoms with Crippen molar-refractivity contribution >= 4 is 5.78 Å². The quantitative estimate of drug-likeness (QED) is 0.826. The van der Waals surface area contributed by atoms with Crippen molar-refractivity contribution in [1.82, 2.24) is 4.90 Å². The van der Waals surface area contributed by atoms with Crippen molar-refractivity contribution in [2.75, 3.05) is 19.7 Å². The monoisotopic (exact) mass is 219 g/mol. The topological polar surface area (TPSA) is 40.5 Å². The fourth-order valence-electron chi connectivity index (χ4n) is 2.12. The Bertz CT molecular complexity index is 350. The number of likely N-dealkylation sites (tertiary alicyclic amines) is 1. The Morgan fingerprint density at radius 2 is 2.06 bits per heavy atom. The van der Waals surface area contributed by atoms with Crippen molar-refractivity contribution in [2.45, 2.75) is 13.0 Å². The predicted octanol–water partition coefficient (Wildman–Crippen LogP) is 1.07. The molecule has 3 heteroatoms. The zero-order chi connectivity index (χ0) is 11.4. The van der Waals surface area contributed by atoms with Crippen LogP contribution in [0, 0.1) is 5.92 Å². The fourth-order valence-corrected chi connectivity index (χ4v) is 2.12. The van der Waals surface area contributed by atoms with E-state index in [2.05, 4.69) is 17.0 Å². The molecule has 0 saturated carbocycles. The number of aliphatic hydroxyl groups is 1. The van der Waals surface area contributed by atoms with E-state index in [0.29, 0.717) is 13.0 Å². The molecule has 0 aliphatic carbocycles. The molecule has 1 fully saturated rings. The minimum Gasteiger partial charge on any atom is -0.396 e. The number of piperidine rings is 1. The Morgan fingerprint density at radius 3 is 2.75 bits per heavy atom. The van der Waals surface area contributed by atoms with Crippen molar-refractivity contribution < 1.29 is 9.90 Å². The third kappa shape index (κ3) is 2.68. The average molecular weight is 219 g/mol. The number of carbonyl (C=O) groups excluding carboxylic acids is 1. The lowest BCUT2D eigenvalue weighted by molar-refractivity contribution is -0.127. The van der Waals surface area contributed by atoms with Crippen LogP contribution < -0.4 is 0 Å². The second kappa shape index (κ2) is 5.23. The van der Waals surface area contributed by atoms with E-state index >= 15 is 0 Å². The third-order valence-corrected chi connectivity index (χ3v) is 3.08. The highest BCUT2D eigenvalue weighted by Crippen LogP contribution is 2.15. The standard InChI is InChI=1S/C13H17NO2/c15-10-12-9-14(7-6-13(12)16)8-11-4-2-1-3-5-11/h1-5,12,15H,6-10H2/t12-/m1/s1. The first kappa shape index (κ1) is 11.3. The molecule has 0 unspecified atom stereocenters. The zero-order valence-corrected chi connectivity index (χ0v) is 9.30. The molecule has 1 saturated heterocycles. The molecule has 0 radical (unpaired) electrons. The van der Waals surface area contributed by atoms with Crippen molar-refractivity contribution in [3.63, 3.8) is 0 Å². The molecule has 0 bridgehead atoms. The van der Waals surface area contributed by atoms with Gasteiger partial charge in [0.1, 0.15) is 5.78 Å². The van der Waals surface area contributed by atoms with Crippen LogP contribution in [0.3, 0.4) is 0 Å². The van der Waals surface area contributed by atoms with Gasteiger partial charge >= 0.3 is 0 Å². The van der Waals surface area contributed by atoms with E-state index in [1.54, 1.807) is 0 Å². The summed E-state index contributed by atoms with van der Waals surface area (Å²) >= 11 is 0. The summed E-state index contributed by atoms with van der Waals surface area (Å²) < 4.78 is 0. The maximum atomic E-state index is 11.4. The summed E-state index contributed by atoms with van der Waals surface area (Å²) in [4.78, 5) is 13.7. The Hall–Kier alpha value is -1.19. The molecule has 16 heavy (non-hydrogen) atoms. The van der Waals surface area contributed by atoms with E-state index in [1.807, 2.05) is 18.2 Å². The van der Waals surface area contributed by atoms with Gasteiger partial charge in [0.05, 0.1) is 12.5 Å². The molecular formula is C13H17NO2. The van der Waals surface area contributed by atoms with Gasteiger partial charge in [0.25, 0.3) is 0 Å². The van der Waals surface area contributed by atoms with Gasteiger partial charge in [-0.1, -0.05) is 30.3 Å². The highest BCUT2D eigenvalue weighted by Gasteiger charge is 2.26. The Labute approximate surface area is 95.7 Å². The Balaban J connectivity index is 1.94. The van der Waals surface area contributed by atoms with Crippen molar-refractivity contribution in [3.8, 4) is 0 Å². The van der Waals surface area contributed by atoms with Gasteiger partial charge in [-0.05, 0) is 5.56 Å². The number of benzene rings is 1. The third-order valence-electron chi connectivity index (χ3n) is 3.08. The molecule has 0 spiro atoms. The van der Waals surface area contributed by atoms with Gasteiger partial charge in [0.2, 0.25) is 0 Å². The van der Waals surface area contributed by atoms with E-state index in [1.165, 1.54) is 5.56 Å². The second-order valence-corrected chi connectivity index (χ2v) is 4.32. The van der Waals surface area contributed by atoms with Crippen LogP contribution in [0.4, 0.5) is 0 Å². The number of hydrogen-bond donors (Lipinski definition) is 1. The summed E-state index contributed by atoms with van der Waals surface area (Å²) in [5, 5.41) is 9.10. The molecule has 1 aliphatic heterocycles. The number of rotatable bonds is 3. The highest BCUT2D eigenvalue weighted by atomic mass is 16.3. The minimum atomic E-state index is -0.183. The molecule has 1 heterocycles. The van der Waals surface area contributed by atoms with Gasteiger partial charge in [-0.15, -0.1) is 0 Å². The maximum absolute atomic E-state index is 11.4. The van der Waals surface area contributed by atoms with Crippen molar-refractivity contribution in [1.29, 1.82) is 0 Å². The number of nitrogens with zero attached hydrogens (tertiary/aromatic N) is 1. The Kier molecular flexibility index (Phi) is 3.70.